The summed E-state index contributed by atoms with van der Waals surface area (Å²) in [5, 5.41) is 6.92. The molecule has 1 atom stereocenters. The lowest BCUT2D eigenvalue weighted by molar-refractivity contribution is -0.141. The molecule has 0 bridgehead atoms. The standard InChI is InChI=1S/C17H17Cl2N3O3/c1-11(16(23)20-12-6-4-3-5-7-12)22(25-2)17(24)21-13-8-9-14(18)15(19)10-13/h3-11H,1-2H3,(H,20,23)(H,21,24). The van der Waals surface area contributed by atoms with E-state index in [1.54, 1.807) is 43.3 Å². The highest BCUT2D eigenvalue weighted by molar-refractivity contribution is 6.42. The number of anilines is 2. The Morgan fingerprint density at radius 2 is 1.68 bits per heavy atom. The molecule has 25 heavy (non-hydrogen) atoms. The Morgan fingerprint density at radius 1 is 1.00 bits per heavy atom. The fourth-order valence-electron chi connectivity index (χ4n) is 2.04. The zero-order valence-electron chi connectivity index (χ0n) is 13.6. The van der Waals surface area contributed by atoms with Gasteiger partial charge in [0.1, 0.15) is 6.04 Å². The molecule has 0 aliphatic carbocycles. The number of amides is 3. The van der Waals surface area contributed by atoms with E-state index in [2.05, 4.69) is 10.6 Å². The van der Waals surface area contributed by atoms with Gasteiger partial charge in [-0.15, -0.1) is 0 Å². The van der Waals surface area contributed by atoms with E-state index in [-0.39, 0.29) is 0 Å². The number of benzene rings is 2. The molecule has 0 aromatic heterocycles. The molecule has 0 fully saturated rings. The molecule has 0 saturated carbocycles. The minimum Gasteiger partial charge on any atom is -0.324 e. The second kappa shape index (κ2) is 8.71. The molecule has 2 aromatic rings. The van der Waals surface area contributed by atoms with E-state index in [0.29, 0.717) is 21.4 Å². The number of carbonyl (C=O) groups is 2. The van der Waals surface area contributed by atoms with Gasteiger partial charge in [-0.05, 0) is 37.3 Å². The normalized spacial score (nSPS) is 11.5. The summed E-state index contributed by atoms with van der Waals surface area (Å²) < 4.78 is 0. The van der Waals surface area contributed by atoms with Crippen molar-refractivity contribution in [3.8, 4) is 0 Å². The van der Waals surface area contributed by atoms with Crippen LogP contribution in [0.25, 0.3) is 0 Å². The first kappa shape index (κ1) is 19.1. The summed E-state index contributed by atoms with van der Waals surface area (Å²) in [6.45, 7) is 1.55. The van der Waals surface area contributed by atoms with Crippen molar-refractivity contribution in [3.05, 3.63) is 58.6 Å². The third-order valence-electron chi connectivity index (χ3n) is 3.34. The first-order chi connectivity index (χ1) is 11.9. The van der Waals surface area contributed by atoms with Gasteiger partial charge in [0.05, 0.1) is 17.2 Å². The van der Waals surface area contributed by atoms with Crippen LogP contribution in [0.4, 0.5) is 16.2 Å². The second-order valence-electron chi connectivity index (χ2n) is 5.10. The fourth-order valence-corrected chi connectivity index (χ4v) is 2.34. The van der Waals surface area contributed by atoms with Crippen LogP contribution in [0.15, 0.2) is 48.5 Å². The van der Waals surface area contributed by atoms with Crippen molar-refractivity contribution in [2.75, 3.05) is 17.7 Å². The van der Waals surface area contributed by atoms with E-state index in [9.17, 15) is 9.59 Å². The van der Waals surface area contributed by atoms with Crippen LogP contribution >= 0.6 is 23.2 Å². The third-order valence-corrected chi connectivity index (χ3v) is 4.08. The molecular formula is C17H17Cl2N3O3. The number of hydrogen-bond donors (Lipinski definition) is 2. The SMILES string of the molecule is CON(C(=O)Nc1ccc(Cl)c(Cl)c1)C(C)C(=O)Nc1ccccc1. The predicted octanol–water partition coefficient (Wildman–Crippen LogP) is 4.42. The van der Waals surface area contributed by atoms with Gasteiger partial charge in [0.2, 0.25) is 5.91 Å². The summed E-state index contributed by atoms with van der Waals surface area (Å²) >= 11 is 11.8. The van der Waals surface area contributed by atoms with Gasteiger partial charge < -0.3 is 10.6 Å². The number of hydrogen-bond acceptors (Lipinski definition) is 3. The zero-order valence-corrected chi connectivity index (χ0v) is 15.1. The summed E-state index contributed by atoms with van der Waals surface area (Å²) in [5.41, 5.74) is 1.05. The minimum absolute atomic E-state index is 0.304. The molecule has 0 aliphatic heterocycles. The number of nitrogens with zero attached hydrogens (tertiary/aromatic N) is 1. The maximum Gasteiger partial charge on any atom is 0.346 e. The molecule has 132 valence electrons. The van der Waals surface area contributed by atoms with E-state index in [0.717, 1.165) is 5.06 Å². The summed E-state index contributed by atoms with van der Waals surface area (Å²) in [4.78, 5) is 29.7. The number of nitrogens with one attached hydrogen (secondary N) is 2. The Kier molecular flexibility index (Phi) is 6.64. The summed E-state index contributed by atoms with van der Waals surface area (Å²) in [6, 6.07) is 12.1. The average molecular weight is 382 g/mol. The highest BCUT2D eigenvalue weighted by Gasteiger charge is 2.26. The van der Waals surface area contributed by atoms with Crippen LogP contribution in [-0.2, 0) is 9.63 Å². The average Bonchev–Trinajstić information content (AvgIpc) is 2.59. The van der Waals surface area contributed by atoms with Crippen molar-refractivity contribution in [1.29, 1.82) is 0 Å². The van der Waals surface area contributed by atoms with Crippen LogP contribution in [0.5, 0.6) is 0 Å². The molecule has 2 rings (SSSR count). The molecule has 0 spiro atoms. The fraction of sp³-hybridized carbons (Fsp3) is 0.176. The predicted molar refractivity (Wildman–Crippen MR) is 98.9 cm³/mol. The van der Waals surface area contributed by atoms with Crippen LogP contribution < -0.4 is 10.6 Å². The van der Waals surface area contributed by atoms with Gasteiger partial charge in [-0.25, -0.2) is 4.79 Å². The van der Waals surface area contributed by atoms with Gasteiger partial charge in [-0.2, -0.15) is 5.06 Å². The number of carbonyl (C=O) groups excluding carboxylic acids is 2. The van der Waals surface area contributed by atoms with Crippen molar-refractivity contribution in [1.82, 2.24) is 5.06 Å². The Hall–Kier alpha value is -2.28. The minimum atomic E-state index is -0.868. The van der Waals surface area contributed by atoms with Crippen molar-refractivity contribution >= 4 is 46.5 Å². The molecule has 1 unspecified atom stereocenters. The van der Waals surface area contributed by atoms with Gasteiger partial charge in [-0.3, -0.25) is 9.63 Å². The second-order valence-corrected chi connectivity index (χ2v) is 5.91. The summed E-state index contributed by atoms with van der Waals surface area (Å²) in [6.07, 6.45) is 0. The van der Waals surface area contributed by atoms with Crippen molar-refractivity contribution in [3.63, 3.8) is 0 Å². The largest absolute Gasteiger partial charge is 0.346 e. The van der Waals surface area contributed by atoms with Crippen molar-refractivity contribution < 1.29 is 14.4 Å². The third kappa shape index (κ3) is 5.09. The summed E-state index contributed by atoms with van der Waals surface area (Å²) in [7, 11) is 1.31. The van der Waals surface area contributed by atoms with E-state index >= 15 is 0 Å². The smallest absolute Gasteiger partial charge is 0.324 e. The topological polar surface area (TPSA) is 70.7 Å². The van der Waals surface area contributed by atoms with E-state index < -0.39 is 18.0 Å². The lowest BCUT2D eigenvalue weighted by atomic mass is 10.2. The molecule has 8 heteroatoms. The molecule has 0 saturated heterocycles. The monoisotopic (exact) mass is 381 g/mol. The molecule has 2 aromatic carbocycles. The van der Waals surface area contributed by atoms with Crippen LogP contribution in [0.2, 0.25) is 10.0 Å². The highest BCUT2D eigenvalue weighted by Crippen LogP contribution is 2.25. The Morgan fingerprint density at radius 3 is 2.28 bits per heavy atom. The molecule has 0 heterocycles. The Bertz CT molecular complexity index is 756. The first-order valence-corrected chi connectivity index (χ1v) is 8.13. The number of hydroxylamine groups is 2. The van der Waals surface area contributed by atoms with Crippen LogP contribution in [-0.4, -0.2) is 30.2 Å². The van der Waals surface area contributed by atoms with Crippen LogP contribution in [0.3, 0.4) is 0 Å². The molecule has 2 N–H and O–H groups in total. The van der Waals surface area contributed by atoms with E-state index in [4.69, 9.17) is 28.0 Å². The maximum absolute atomic E-state index is 12.4. The number of urea groups is 1. The lowest BCUT2D eigenvalue weighted by Gasteiger charge is -2.26. The van der Waals surface area contributed by atoms with Crippen LogP contribution in [0, 0.1) is 0 Å². The number of rotatable bonds is 5. The van der Waals surface area contributed by atoms with Crippen molar-refractivity contribution in [2.24, 2.45) is 0 Å². The highest BCUT2D eigenvalue weighted by atomic mass is 35.5. The van der Waals surface area contributed by atoms with E-state index in [1.165, 1.54) is 13.2 Å². The first-order valence-electron chi connectivity index (χ1n) is 7.37. The maximum atomic E-state index is 12.4. The quantitative estimate of drug-likeness (QED) is 0.753. The number of para-hydroxylation sites is 1. The van der Waals surface area contributed by atoms with Crippen molar-refractivity contribution in [2.45, 2.75) is 13.0 Å². The Labute approximate surface area is 155 Å². The van der Waals surface area contributed by atoms with Gasteiger partial charge in [-0.1, -0.05) is 41.4 Å². The number of halogens is 2. The van der Waals surface area contributed by atoms with E-state index in [1.807, 2.05) is 6.07 Å². The van der Waals surface area contributed by atoms with Gasteiger partial charge >= 0.3 is 6.03 Å². The van der Waals surface area contributed by atoms with Gasteiger partial charge in [0, 0.05) is 11.4 Å². The lowest BCUT2D eigenvalue weighted by Crippen LogP contribution is -2.46. The summed E-state index contributed by atoms with van der Waals surface area (Å²) in [5.74, 6) is -0.391. The molecule has 0 radical (unpaired) electrons. The molecular weight excluding hydrogens is 365 g/mol. The zero-order chi connectivity index (χ0) is 18.4. The van der Waals surface area contributed by atoms with Crippen LogP contribution in [0.1, 0.15) is 6.92 Å². The van der Waals surface area contributed by atoms with Gasteiger partial charge in [0.25, 0.3) is 0 Å². The Balaban J connectivity index is 2.04. The van der Waals surface area contributed by atoms with Gasteiger partial charge in [0.15, 0.2) is 0 Å². The molecule has 6 nitrogen and oxygen atoms in total. The molecule has 3 amide bonds. The molecule has 0 aliphatic rings.